The van der Waals surface area contributed by atoms with Crippen LogP contribution >= 0.6 is 0 Å². The fraction of sp³-hybridized carbons (Fsp3) is 0.783. The van der Waals surface area contributed by atoms with Crippen LogP contribution in [0.2, 0.25) is 0 Å². The molecule has 1 aromatic heterocycles. The minimum atomic E-state index is -0.141. The van der Waals surface area contributed by atoms with Crippen LogP contribution in [-0.4, -0.2) is 46.7 Å². The van der Waals surface area contributed by atoms with E-state index in [-0.39, 0.29) is 40.7 Å². The molecule has 1 aromatic rings. The van der Waals surface area contributed by atoms with Gasteiger partial charge in [-0.05, 0) is 48.3 Å². The second kappa shape index (κ2) is 7.66. The number of imidazole rings is 1. The highest BCUT2D eigenvalue weighted by molar-refractivity contribution is 5.91. The molecule has 3 fully saturated rings. The lowest BCUT2D eigenvalue weighted by Gasteiger charge is -2.53. The van der Waals surface area contributed by atoms with E-state index in [1.54, 1.807) is 17.1 Å². The monoisotopic (exact) mass is 416 g/mol. The van der Waals surface area contributed by atoms with Crippen LogP contribution < -0.4 is 10.6 Å². The summed E-state index contributed by atoms with van der Waals surface area (Å²) in [5.41, 5.74) is 0.666. The summed E-state index contributed by atoms with van der Waals surface area (Å²) < 4.78 is 7.99. The topological polar surface area (TPSA) is 85.3 Å². The average molecular weight is 417 g/mol. The Morgan fingerprint density at radius 2 is 2.13 bits per heavy atom. The molecule has 7 nitrogen and oxygen atoms in total. The van der Waals surface area contributed by atoms with Crippen molar-refractivity contribution < 1.29 is 14.3 Å². The van der Waals surface area contributed by atoms with Crippen LogP contribution in [-0.2, 0) is 16.6 Å². The number of amides is 2. The minimum absolute atomic E-state index is 0.00720. The van der Waals surface area contributed by atoms with Crippen molar-refractivity contribution in [3.05, 3.63) is 18.2 Å². The van der Waals surface area contributed by atoms with Gasteiger partial charge in [0.05, 0.1) is 12.4 Å². The van der Waals surface area contributed by atoms with Crippen LogP contribution in [0.1, 0.15) is 63.9 Å². The van der Waals surface area contributed by atoms with Gasteiger partial charge in [-0.3, -0.25) is 9.59 Å². The van der Waals surface area contributed by atoms with Gasteiger partial charge in [-0.2, -0.15) is 0 Å². The summed E-state index contributed by atoms with van der Waals surface area (Å²) in [6, 6.07) is 0.193. The number of carbonyl (C=O) groups is 2. The number of carbonyl (C=O) groups excluding carboxylic acids is 2. The van der Waals surface area contributed by atoms with Gasteiger partial charge in [-0.25, -0.2) is 4.98 Å². The third kappa shape index (κ3) is 3.45. The number of hydrogen-bond donors (Lipinski definition) is 2. The summed E-state index contributed by atoms with van der Waals surface area (Å²) >= 11 is 0. The largest absolute Gasteiger partial charge is 0.378 e. The molecule has 2 N–H and O–H groups in total. The summed E-state index contributed by atoms with van der Waals surface area (Å²) in [4.78, 5) is 29.0. The van der Waals surface area contributed by atoms with Crippen LogP contribution in [0.4, 0.5) is 0 Å². The highest BCUT2D eigenvalue weighted by atomic mass is 16.5. The lowest BCUT2D eigenvalue weighted by Crippen LogP contribution is -2.60. The zero-order valence-electron chi connectivity index (χ0n) is 18.9. The molecule has 2 heterocycles. The molecule has 4 rings (SSSR count). The standard InChI is InChI=1S/C23H36N4O3/c1-14(2)19(28)26-21-22(3,4)15-10-16-18(30-9-7-23(16,21)11-15)6-8-24-20(29)17-12-27(5)13-25-17/h12-16,18,21H,6-11H2,1-5H3,(H,24,29)(H,26,28)/t15-,16-,18-,21-,23?/m1/s1. The molecule has 2 amide bonds. The van der Waals surface area contributed by atoms with E-state index in [1.807, 2.05) is 20.9 Å². The number of nitrogens with zero attached hydrogens (tertiary/aromatic N) is 2. The Kier molecular flexibility index (Phi) is 5.45. The zero-order chi connectivity index (χ0) is 21.7. The molecule has 0 aromatic carbocycles. The Morgan fingerprint density at radius 1 is 1.37 bits per heavy atom. The van der Waals surface area contributed by atoms with E-state index < -0.39 is 0 Å². The maximum absolute atomic E-state index is 12.6. The first-order valence-electron chi connectivity index (χ1n) is 11.3. The lowest BCUT2D eigenvalue weighted by molar-refractivity contribution is -0.138. The summed E-state index contributed by atoms with van der Waals surface area (Å²) in [5.74, 6) is 1.05. The van der Waals surface area contributed by atoms with Gasteiger partial charge >= 0.3 is 0 Å². The number of aromatic nitrogens is 2. The van der Waals surface area contributed by atoms with Crippen molar-refractivity contribution >= 4 is 11.8 Å². The van der Waals surface area contributed by atoms with Crippen molar-refractivity contribution in [3.63, 3.8) is 0 Å². The molecule has 2 bridgehead atoms. The highest BCUT2D eigenvalue weighted by Crippen LogP contribution is 2.68. The van der Waals surface area contributed by atoms with Gasteiger partial charge in [0.1, 0.15) is 5.69 Å². The molecule has 1 unspecified atom stereocenters. The van der Waals surface area contributed by atoms with Crippen molar-refractivity contribution in [2.75, 3.05) is 13.2 Å². The summed E-state index contributed by atoms with van der Waals surface area (Å²) in [5, 5.41) is 6.43. The van der Waals surface area contributed by atoms with Crippen molar-refractivity contribution in [1.29, 1.82) is 0 Å². The Balaban J connectivity index is 1.43. The number of nitrogens with one attached hydrogen (secondary N) is 2. The third-order valence-electron chi connectivity index (χ3n) is 8.09. The van der Waals surface area contributed by atoms with E-state index in [2.05, 4.69) is 29.5 Å². The molecule has 1 spiro atoms. The number of rotatable bonds is 6. The molecule has 1 aliphatic heterocycles. The van der Waals surface area contributed by atoms with Gasteiger partial charge in [-0.15, -0.1) is 0 Å². The van der Waals surface area contributed by atoms with Crippen molar-refractivity contribution in [1.82, 2.24) is 20.2 Å². The highest BCUT2D eigenvalue weighted by Gasteiger charge is 2.68. The first kappa shape index (κ1) is 21.3. The molecule has 5 atom stereocenters. The molecule has 3 aliphatic rings. The van der Waals surface area contributed by atoms with Gasteiger partial charge < -0.3 is 19.9 Å². The second-order valence-electron chi connectivity index (χ2n) is 10.5. The molecule has 30 heavy (non-hydrogen) atoms. The van der Waals surface area contributed by atoms with E-state index in [4.69, 9.17) is 4.74 Å². The van der Waals surface area contributed by atoms with Crippen molar-refractivity contribution in [2.24, 2.45) is 35.6 Å². The van der Waals surface area contributed by atoms with E-state index >= 15 is 0 Å². The number of hydrogen-bond acceptors (Lipinski definition) is 4. The quantitative estimate of drug-likeness (QED) is 0.746. The van der Waals surface area contributed by atoms with Crippen molar-refractivity contribution in [3.8, 4) is 0 Å². The molecule has 1 saturated heterocycles. The predicted octanol–water partition coefficient (Wildman–Crippen LogP) is 2.52. The van der Waals surface area contributed by atoms with Gasteiger partial charge in [-0.1, -0.05) is 27.7 Å². The van der Waals surface area contributed by atoms with Gasteiger partial charge in [0, 0.05) is 38.4 Å². The Labute approximate surface area is 179 Å². The van der Waals surface area contributed by atoms with E-state index in [9.17, 15) is 9.59 Å². The Hall–Kier alpha value is -1.89. The predicted molar refractivity (Wildman–Crippen MR) is 114 cm³/mol. The average Bonchev–Trinajstić information content (AvgIpc) is 3.34. The van der Waals surface area contributed by atoms with E-state index in [0.29, 0.717) is 24.1 Å². The number of fused-ring (bicyclic) bond motifs is 1. The van der Waals surface area contributed by atoms with Gasteiger partial charge in [0.25, 0.3) is 5.91 Å². The molecular formula is C23H36N4O3. The van der Waals surface area contributed by atoms with Crippen LogP contribution in [0.5, 0.6) is 0 Å². The zero-order valence-corrected chi connectivity index (χ0v) is 18.9. The smallest absolute Gasteiger partial charge is 0.271 e. The maximum atomic E-state index is 12.6. The van der Waals surface area contributed by atoms with E-state index in [1.165, 1.54) is 6.42 Å². The van der Waals surface area contributed by atoms with E-state index in [0.717, 1.165) is 25.9 Å². The minimum Gasteiger partial charge on any atom is -0.378 e. The fourth-order valence-corrected chi connectivity index (χ4v) is 6.45. The maximum Gasteiger partial charge on any atom is 0.271 e. The van der Waals surface area contributed by atoms with Crippen LogP contribution in [0, 0.1) is 28.6 Å². The summed E-state index contributed by atoms with van der Waals surface area (Å²) in [7, 11) is 1.85. The molecular weight excluding hydrogens is 380 g/mol. The Bertz CT molecular complexity index is 817. The van der Waals surface area contributed by atoms with Crippen molar-refractivity contribution in [2.45, 2.75) is 65.5 Å². The molecule has 7 heteroatoms. The molecule has 166 valence electrons. The SMILES string of the molecule is CC(C)C(=O)N[C@@H]1C(C)(C)[C@@H]2C[C@@H]3[C@@H](CCNC(=O)c4cn(C)cn4)OCCC31C2. The summed E-state index contributed by atoms with van der Waals surface area (Å²) in [6.45, 7) is 9.87. The van der Waals surface area contributed by atoms with Crippen LogP contribution in [0.3, 0.4) is 0 Å². The van der Waals surface area contributed by atoms with Crippen LogP contribution in [0.15, 0.2) is 12.5 Å². The second-order valence-corrected chi connectivity index (χ2v) is 10.5. The first-order valence-corrected chi connectivity index (χ1v) is 11.3. The normalized spacial score (nSPS) is 34.1. The number of ether oxygens (including phenoxy) is 1. The number of aryl methyl sites for hydroxylation is 1. The summed E-state index contributed by atoms with van der Waals surface area (Å²) in [6.07, 6.45) is 7.61. The lowest BCUT2D eigenvalue weighted by atomic mass is 9.59. The molecule has 2 aliphatic carbocycles. The molecule has 0 radical (unpaired) electrons. The Morgan fingerprint density at radius 3 is 2.80 bits per heavy atom. The third-order valence-corrected chi connectivity index (χ3v) is 8.09. The van der Waals surface area contributed by atoms with Gasteiger partial charge in [0.2, 0.25) is 5.91 Å². The fourth-order valence-electron chi connectivity index (χ4n) is 6.45. The molecule has 2 saturated carbocycles. The first-order chi connectivity index (χ1) is 14.1. The van der Waals surface area contributed by atoms with Gasteiger partial charge in [0.15, 0.2) is 0 Å². The van der Waals surface area contributed by atoms with Crippen LogP contribution in [0.25, 0.3) is 0 Å².